The molecule has 0 radical (unpaired) electrons. The van der Waals surface area contributed by atoms with Crippen LogP contribution in [-0.2, 0) is 19.1 Å². The summed E-state index contributed by atoms with van der Waals surface area (Å²) in [5.74, 6) is -1.22. The number of benzene rings is 1. The second-order valence-corrected chi connectivity index (χ2v) is 4.78. The largest absolute Gasteiger partial charge is 0.486 e. The zero-order valence-corrected chi connectivity index (χ0v) is 11.9. The van der Waals surface area contributed by atoms with Crippen LogP contribution < -0.4 is 0 Å². The van der Waals surface area contributed by atoms with Gasteiger partial charge in [0.25, 0.3) is 0 Å². The Kier molecular flexibility index (Phi) is 4.98. The monoisotopic (exact) mass is 290 g/mol. The van der Waals surface area contributed by atoms with Crippen LogP contribution in [0.4, 0.5) is 0 Å². The Morgan fingerprint density at radius 1 is 1.33 bits per heavy atom. The highest BCUT2D eigenvalue weighted by Crippen LogP contribution is 2.34. The highest BCUT2D eigenvalue weighted by molar-refractivity contribution is 6.01. The van der Waals surface area contributed by atoms with Crippen LogP contribution in [-0.4, -0.2) is 29.8 Å². The highest BCUT2D eigenvalue weighted by atomic mass is 16.6. The van der Waals surface area contributed by atoms with E-state index in [0.29, 0.717) is 12.2 Å². The van der Waals surface area contributed by atoms with Crippen LogP contribution in [0.1, 0.15) is 31.7 Å². The summed E-state index contributed by atoms with van der Waals surface area (Å²) in [6.07, 6.45) is 0.390. The van der Waals surface area contributed by atoms with Gasteiger partial charge in [-0.25, -0.2) is 4.79 Å². The first-order chi connectivity index (χ1) is 10.1. The van der Waals surface area contributed by atoms with Crippen molar-refractivity contribution < 1.29 is 24.2 Å². The van der Waals surface area contributed by atoms with Gasteiger partial charge in [-0.1, -0.05) is 37.3 Å². The number of ether oxygens (including phenoxy) is 2. The van der Waals surface area contributed by atoms with Gasteiger partial charge in [-0.3, -0.25) is 4.79 Å². The maximum absolute atomic E-state index is 12.0. The number of rotatable bonds is 7. The molecule has 1 aliphatic rings. The average molecular weight is 290 g/mol. The second-order valence-electron chi connectivity index (χ2n) is 4.78. The first-order valence-electron chi connectivity index (χ1n) is 6.98. The van der Waals surface area contributed by atoms with Gasteiger partial charge in [0.1, 0.15) is 6.10 Å². The van der Waals surface area contributed by atoms with Crippen LogP contribution in [0.15, 0.2) is 36.1 Å². The van der Waals surface area contributed by atoms with Gasteiger partial charge in [0, 0.05) is 12.0 Å². The van der Waals surface area contributed by atoms with E-state index in [1.807, 2.05) is 37.3 Å². The van der Waals surface area contributed by atoms with Gasteiger partial charge in [-0.2, -0.15) is 0 Å². The van der Waals surface area contributed by atoms with Crippen molar-refractivity contribution in [1.82, 2.24) is 0 Å². The third-order valence-electron chi connectivity index (χ3n) is 3.16. The fourth-order valence-corrected chi connectivity index (χ4v) is 2.23. The van der Waals surface area contributed by atoms with Gasteiger partial charge in [0.2, 0.25) is 5.76 Å². The lowest BCUT2D eigenvalue weighted by Gasteiger charge is -2.13. The van der Waals surface area contributed by atoms with Crippen molar-refractivity contribution in [1.29, 1.82) is 0 Å². The maximum atomic E-state index is 12.0. The van der Waals surface area contributed by atoms with Gasteiger partial charge in [-0.05, 0) is 18.4 Å². The number of hydrogen-bond acceptors (Lipinski definition) is 4. The Morgan fingerprint density at radius 2 is 2.05 bits per heavy atom. The predicted octanol–water partition coefficient (Wildman–Crippen LogP) is 2.61. The summed E-state index contributed by atoms with van der Waals surface area (Å²) in [7, 11) is 0. The summed E-state index contributed by atoms with van der Waals surface area (Å²) < 4.78 is 10.8. The van der Waals surface area contributed by atoms with Gasteiger partial charge >= 0.3 is 11.9 Å². The minimum Gasteiger partial charge on any atom is -0.486 e. The molecule has 2 rings (SSSR count). The lowest BCUT2D eigenvalue weighted by molar-refractivity contribution is -0.145. The molecule has 5 heteroatoms. The Morgan fingerprint density at radius 3 is 2.67 bits per heavy atom. The summed E-state index contributed by atoms with van der Waals surface area (Å²) in [6, 6.07) is 9.31. The smallest absolute Gasteiger partial charge is 0.374 e. The quantitative estimate of drug-likeness (QED) is 0.781. The fraction of sp³-hybridized carbons (Fsp3) is 0.375. The molecule has 1 aromatic rings. The van der Waals surface area contributed by atoms with E-state index in [-0.39, 0.29) is 18.6 Å². The molecule has 1 heterocycles. The molecule has 0 amide bonds. The minimum atomic E-state index is -0.915. The van der Waals surface area contributed by atoms with Crippen LogP contribution in [0.5, 0.6) is 0 Å². The van der Waals surface area contributed by atoms with Gasteiger partial charge in [-0.15, -0.1) is 0 Å². The fourth-order valence-electron chi connectivity index (χ4n) is 2.23. The highest BCUT2D eigenvalue weighted by Gasteiger charge is 2.36. The number of aliphatic carboxylic acids is 1. The van der Waals surface area contributed by atoms with Crippen molar-refractivity contribution in [3.8, 4) is 0 Å². The van der Waals surface area contributed by atoms with E-state index in [2.05, 4.69) is 0 Å². The molecule has 0 saturated carbocycles. The summed E-state index contributed by atoms with van der Waals surface area (Å²) in [6.45, 7) is 2.37. The molecule has 1 N–H and O–H groups in total. The molecule has 0 fully saturated rings. The number of carboxylic acids is 1. The van der Waals surface area contributed by atoms with Crippen molar-refractivity contribution in [3.63, 3.8) is 0 Å². The first kappa shape index (κ1) is 15.1. The van der Waals surface area contributed by atoms with Crippen molar-refractivity contribution in [2.45, 2.75) is 32.3 Å². The molecule has 1 aliphatic heterocycles. The molecule has 0 aromatic heterocycles. The van der Waals surface area contributed by atoms with E-state index in [1.165, 1.54) is 0 Å². The number of cyclic esters (lactones) is 1. The van der Waals surface area contributed by atoms with Crippen LogP contribution >= 0.6 is 0 Å². The van der Waals surface area contributed by atoms with Gasteiger partial charge in [0.05, 0.1) is 6.61 Å². The number of hydrogen-bond donors (Lipinski definition) is 1. The topological polar surface area (TPSA) is 72.8 Å². The van der Waals surface area contributed by atoms with Crippen molar-refractivity contribution in [3.05, 3.63) is 41.7 Å². The van der Waals surface area contributed by atoms with Crippen molar-refractivity contribution >= 4 is 17.5 Å². The van der Waals surface area contributed by atoms with E-state index in [0.717, 1.165) is 12.0 Å². The third kappa shape index (κ3) is 3.62. The average Bonchev–Trinajstić information content (AvgIpc) is 2.80. The lowest BCUT2D eigenvalue weighted by atomic mass is 9.97. The molecule has 0 aliphatic carbocycles. The molecule has 5 nitrogen and oxygen atoms in total. The number of esters is 1. The van der Waals surface area contributed by atoms with Gasteiger partial charge < -0.3 is 14.6 Å². The van der Waals surface area contributed by atoms with Crippen LogP contribution in [0.3, 0.4) is 0 Å². The molecule has 0 saturated heterocycles. The Balaban J connectivity index is 2.32. The molecule has 112 valence electrons. The summed E-state index contributed by atoms with van der Waals surface area (Å²) >= 11 is 0. The third-order valence-corrected chi connectivity index (χ3v) is 3.16. The van der Waals surface area contributed by atoms with Gasteiger partial charge in [0.15, 0.2) is 0 Å². The molecule has 1 aromatic carbocycles. The molecular weight excluding hydrogens is 272 g/mol. The maximum Gasteiger partial charge on any atom is 0.374 e. The minimum absolute atomic E-state index is 0.0602. The normalized spacial score (nSPS) is 17.8. The van der Waals surface area contributed by atoms with Crippen molar-refractivity contribution in [2.75, 3.05) is 6.61 Å². The SMILES string of the molecule is CCCOC1=C(c2ccccc2)C(CCC(=O)O)OC1=O. The zero-order chi connectivity index (χ0) is 15.2. The van der Waals surface area contributed by atoms with Crippen LogP contribution in [0.25, 0.3) is 5.57 Å². The molecule has 1 unspecified atom stereocenters. The molecular formula is C16H18O5. The summed E-state index contributed by atoms with van der Waals surface area (Å²) in [5.41, 5.74) is 1.47. The Hall–Kier alpha value is -2.30. The Bertz CT molecular complexity index is 547. The molecule has 1 atom stereocenters. The number of carboxylic acid groups (broad SMARTS) is 1. The number of carbonyl (C=O) groups is 2. The molecule has 0 bridgehead atoms. The standard InChI is InChI=1S/C16H18O5/c1-2-10-20-15-14(11-6-4-3-5-7-11)12(21-16(15)19)8-9-13(17)18/h3-7,12H,2,8-10H2,1H3,(H,17,18). The Labute approximate surface area is 123 Å². The number of carbonyl (C=O) groups excluding carboxylic acids is 1. The van der Waals surface area contributed by atoms with Crippen LogP contribution in [0.2, 0.25) is 0 Å². The predicted molar refractivity (Wildman–Crippen MR) is 76.4 cm³/mol. The van der Waals surface area contributed by atoms with Crippen molar-refractivity contribution in [2.24, 2.45) is 0 Å². The van der Waals surface area contributed by atoms with E-state index < -0.39 is 18.0 Å². The van der Waals surface area contributed by atoms with E-state index in [1.54, 1.807) is 0 Å². The molecule has 0 spiro atoms. The van der Waals surface area contributed by atoms with E-state index in [4.69, 9.17) is 14.6 Å². The zero-order valence-electron chi connectivity index (χ0n) is 11.9. The van der Waals surface area contributed by atoms with E-state index >= 15 is 0 Å². The van der Waals surface area contributed by atoms with Crippen LogP contribution in [0, 0.1) is 0 Å². The first-order valence-corrected chi connectivity index (χ1v) is 6.98. The summed E-state index contributed by atoms with van der Waals surface area (Å²) in [4.78, 5) is 22.7. The molecule has 21 heavy (non-hydrogen) atoms. The summed E-state index contributed by atoms with van der Waals surface area (Å²) in [5, 5.41) is 8.82. The lowest BCUT2D eigenvalue weighted by Crippen LogP contribution is -2.13. The van der Waals surface area contributed by atoms with E-state index in [9.17, 15) is 9.59 Å². The second kappa shape index (κ2) is 6.92.